The lowest BCUT2D eigenvalue weighted by Crippen LogP contribution is -2.54. The molecule has 0 aromatic carbocycles. The Morgan fingerprint density at radius 1 is 0.609 bits per heavy atom. The van der Waals surface area contributed by atoms with Gasteiger partial charge in [-0.2, -0.15) is 0 Å². The smallest absolute Gasteiger partial charge is 0.322 e. The van der Waals surface area contributed by atoms with Crippen LogP contribution in [0.1, 0.15) is 40.5 Å². The van der Waals surface area contributed by atoms with E-state index in [9.17, 15) is 0 Å². The average Bonchev–Trinajstić information content (AvgIpc) is 2.39. The minimum absolute atomic E-state index is 0.570. The summed E-state index contributed by atoms with van der Waals surface area (Å²) in [6.45, 7) is 23.0. The van der Waals surface area contributed by atoms with Crippen LogP contribution >= 0.6 is 0 Å². The molecular weight excluding hydrogens is 340 g/mol. The number of hydrogen-bond donors (Lipinski definition) is 0. The van der Waals surface area contributed by atoms with Crippen LogP contribution in [0.15, 0.2) is 0 Å². The first-order chi connectivity index (χ1) is 10.3. The first-order valence-electron chi connectivity index (χ1n) is 9.00. The summed E-state index contributed by atoms with van der Waals surface area (Å²) in [6.07, 6.45) is 2.26. The molecule has 0 radical (unpaired) electrons. The van der Waals surface area contributed by atoms with Gasteiger partial charge in [0.05, 0.1) is 0 Å². The van der Waals surface area contributed by atoms with Crippen molar-refractivity contribution in [2.75, 3.05) is 13.2 Å². The van der Waals surface area contributed by atoms with Crippen LogP contribution < -0.4 is 0 Å². The Labute approximate surface area is 148 Å². The van der Waals surface area contributed by atoms with Crippen molar-refractivity contribution in [3.63, 3.8) is 0 Å². The Morgan fingerprint density at radius 3 is 1.17 bits per heavy atom. The molecule has 2 atom stereocenters. The monoisotopic (exact) mass is 380 g/mol. The van der Waals surface area contributed by atoms with Gasteiger partial charge in [0.1, 0.15) is 0 Å². The van der Waals surface area contributed by atoms with Gasteiger partial charge in [0, 0.05) is 13.2 Å². The maximum Gasteiger partial charge on any atom is 0.322 e. The molecule has 0 N–H and O–H groups in total. The zero-order chi connectivity index (χ0) is 18.3. The van der Waals surface area contributed by atoms with Crippen LogP contribution in [-0.4, -0.2) is 38.9 Å². The Morgan fingerprint density at radius 2 is 0.913 bits per heavy atom. The highest BCUT2D eigenvalue weighted by atomic mass is 28.5. The summed E-state index contributed by atoms with van der Waals surface area (Å²) in [5, 5.41) is 0. The molecule has 0 aromatic heterocycles. The molecule has 0 fully saturated rings. The second-order valence-corrected chi connectivity index (χ2v) is 18.7. The number of hydrogen-bond acceptors (Lipinski definition) is 4. The molecule has 0 saturated carbocycles. The molecular formula is C16H40O4Si3. The molecule has 0 saturated heterocycles. The fraction of sp³-hybridized carbons (Fsp3) is 1.00. The molecule has 2 unspecified atom stereocenters. The zero-order valence-corrected chi connectivity index (χ0v) is 20.1. The summed E-state index contributed by atoms with van der Waals surface area (Å²) >= 11 is 0. The predicted molar refractivity (Wildman–Crippen MR) is 105 cm³/mol. The van der Waals surface area contributed by atoms with Gasteiger partial charge in [-0.3, -0.25) is 0 Å². The van der Waals surface area contributed by atoms with Crippen molar-refractivity contribution in [1.29, 1.82) is 0 Å². The quantitative estimate of drug-likeness (QED) is 0.433. The molecule has 140 valence electrons. The van der Waals surface area contributed by atoms with Crippen LogP contribution in [0.5, 0.6) is 0 Å². The van der Waals surface area contributed by atoms with Gasteiger partial charge < -0.3 is 17.1 Å². The van der Waals surface area contributed by atoms with E-state index in [0.29, 0.717) is 11.8 Å². The van der Waals surface area contributed by atoms with Crippen molar-refractivity contribution in [1.82, 2.24) is 0 Å². The van der Waals surface area contributed by atoms with Gasteiger partial charge in [0.15, 0.2) is 0 Å². The van der Waals surface area contributed by atoms with Crippen molar-refractivity contribution in [3.05, 3.63) is 0 Å². The van der Waals surface area contributed by atoms with E-state index in [2.05, 4.69) is 67.0 Å². The Balaban J connectivity index is 4.54. The Bertz CT molecular complexity index is 305. The van der Waals surface area contributed by atoms with Crippen LogP contribution in [0.3, 0.4) is 0 Å². The van der Waals surface area contributed by atoms with Crippen LogP contribution in [-0.2, 0) is 17.1 Å². The third kappa shape index (κ3) is 11.6. The fourth-order valence-electron chi connectivity index (χ4n) is 2.19. The van der Waals surface area contributed by atoms with Crippen molar-refractivity contribution in [3.8, 4) is 0 Å². The molecule has 0 heterocycles. The summed E-state index contributed by atoms with van der Waals surface area (Å²) < 4.78 is 24.9. The van der Waals surface area contributed by atoms with E-state index in [1.165, 1.54) is 0 Å². The zero-order valence-electron chi connectivity index (χ0n) is 17.1. The summed E-state index contributed by atoms with van der Waals surface area (Å²) in [6, 6.07) is 0. The lowest BCUT2D eigenvalue weighted by atomic mass is 10.1. The summed E-state index contributed by atoms with van der Waals surface area (Å²) in [5.41, 5.74) is 0. The van der Waals surface area contributed by atoms with Gasteiger partial charge >= 0.3 is 25.7 Å². The predicted octanol–water partition coefficient (Wildman–Crippen LogP) is 5.25. The van der Waals surface area contributed by atoms with Crippen LogP contribution in [0.2, 0.25) is 39.3 Å². The fourth-order valence-corrected chi connectivity index (χ4v) is 14.0. The number of rotatable bonds is 12. The first-order valence-corrected chi connectivity index (χ1v) is 17.5. The highest BCUT2D eigenvalue weighted by Crippen LogP contribution is 2.23. The Hall–Kier alpha value is 0.491. The summed E-state index contributed by atoms with van der Waals surface area (Å²) in [5.74, 6) is 1.14. The highest BCUT2D eigenvalue weighted by molar-refractivity contribution is 6.84. The minimum atomic E-state index is -2.27. The molecule has 0 aliphatic carbocycles. The SMILES string of the molecule is CCC(C)CO[Si](C)(C)O[Si](C)(C)O[Si](C)(C)OCC(C)CC. The molecule has 0 amide bonds. The minimum Gasteiger partial charge on any atom is -0.415 e. The molecule has 4 nitrogen and oxygen atoms in total. The molecule has 0 aliphatic heterocycles. The van der Waals surface area contributed by atoms with Gasteiger partial charge in [-0.1, -0.05) is 40.5 Å². The highest BCUT2D eigenvalue weighted by Gasteiger charge is 2.42. The molecule has 0 rings (SSSR count). The molecule has 0 aliphatic rings. The van der Waals surface area contributed by atoms with Gasteiger partial charge in [-0.05, 0) is 51.1 Å². The topological polar surface area (TPSA) is 36.9 Å². The van der Waals surface area contributed by atoms with E-state index < -0.39 is 25.7 Å². The van der Waals surface area contributed by atoms with Crippen molar-refractivity contribution < 1.29 is 17.1 Å². The van der Waals surface area contributed by atoms with Gasteiger partial charge in [-0.25, -0.2) is 0 Å². The average molecular weight is 381 g/mol. The largest absolute Gasteiger partial charge is 0.415 e. The molecule has 0 aromatic rings. The standard InChI is InChI=1S/C16H40O4Si3/c1-11-15(3)13-17-21(5,6)19-23(9,10)20-22(7,8)18-14-16(4)12-2/h15-16H,11-14H2,1-10H3. The maximum absolute atomic E-state index is 6.38. The lowest BCUT2D eigenvalue weighted by Gasteiger charge is -2.38. The normalized spacial score (nSPS) is 16.4. The lowest BCUT2D eigenvalue weighted by molar-refractivity contribution is 0.174. The van der Waals surface area contributed by atoms with Crippen molar-refractivity contribution in [2.45, 2.75) is 79.8 Å². The van der Waals surface area contributed by atoms with Gasteiger partial charge in [0.25, 0.3) is 0 Å². The molecule has 0 spiro atoms. The van der Waals surface area contributed by atoms with E-state index in [1.807, 2.05) is 0 Å². The van der Waals surface area contributed by atoms with Crippen molar-refractivity contribution in [2.24, 2.45) is 11.8 Å². The van der Waals surface area contributed by atoms with E-state index in [1.54, 1.807) is 0 Å². The van der Waals surface area contributed by atoms with Crippen LogP contribution in [0, 0.1) is 11.8 Å². The van der Waals surface area contributed by atoms with Crippen LogP contribution in [0.4, 0.5) is 0 Å². The van der Waals surface area contributed by atoms with Crippen molar-refractivity contribution >= 4 is 25.7 Å². The van der Waals surface area contributed by atoms with Crippen LogP contribution in [0.25, 0.3) is 0 Å². The van der Waals surface area contributed by atoms with E-state index >= 15 is 0 Å². The second-order valence-electron chi connectivity index (χ2n) is 8.05. The summed E-state index contributed by atoms with van der Waals surface area (Å²) in [4.78, 5) is 0. The van der Waals surface area contributed by atoms with E-state index in [-0.39, 0.29) is 0 Å². The third-order valence-corrected chi connectivity index (χ3v) is 13.4. The van der Waals surface area contributed by atoms with Gasteiger partial charge in [-0.15, -0.1) is 0 Å². The Kier molecular flexibility index (Phi) is 10.0. The maximum atomic E-state index is 6.38. The first kappa shape index (κ1) is 23.5. The summed E-state index contributed by atoms with van der Waals surface area (Å²) in [7, 11) is -6.60. The molecule has 7 heteroatoms. The van der Waals surface area contributed by atoms with E-state index in [0.717, 1.165) is 26.1 Å². The van der Waals surface area contributed by atoms with Gasteiger partial charge in [0.2, 0.25) is 0 Å². The third-order valence-electron chi connectivity index (χ3n) is 3.81. The molecule has 0 bridgehead atoms. The molecule has 23 heavy (non-hydrogen) atoms. The van der Waals surface area contributed by atoms with E-state index in [4.69, 9.17) is 17.1 Å². The second kappa shape index (κ2) is 9.84.